The van der Waals surface area contributed by atoms with Gasteiger partial charge in [0.1, 0.15) is 29.7 Å². The van der Waals surface area contributed by atoms with Crippen LogP contribution in [0.3, 0.4) is 0 Å². The molecule has 0 spiro atoms. The molecule has 0 saturated heterocycles. The molecule has 0 bridgehead atoms. The van der Waals surface area contributed by atoms with Crippen LogP contribution in [0.1, 0.15) is 29.5 Å². The SMILES string of the molecule is CCOc1cc([C@@H]2C(C#N)=C(N)Oc3cc(O)ccc32)cc(I)c1OCc1ccc(Cl)cc1Cl. The number of hydrogen-bond donors (Lipinski definition) is 2. The summed E-state index contributed by atoms with van der Waals surface area (Å²) in [5.41, 5.74) is 8.61. The second kappa shape index (κ2) is 10.2. The van der Waals surface area contributed by atoms with Crippen molar-refractivity contribution in [3.8, 4) is 29.1 Å². The van der Waals surface area contributed by atoms with Crippen LogP contribution in [0.4, 0.5) is 0 Å². The van der Waals surface area contributed by atoms with Gasteiger partial charge in [0.25, 0.3) is 0 Å². The fourth-order valence-electron chi connectivity index (χ4n) is 3.73. The van der Waals surface area contributed by atoms with Crippen molar-refractivity contribution < 1.29 is 19.3 Å². The summed E-state index contributed by atoms with van der Waals surface area (Å²) in [6.07, 6.45) is 0. The number of rotatable bonds is 6. The largest absolute Gasteiger partial charge is 0.508 e. The lowest BCUT2D eigenvalue weighted by atomic mass is 9.83. The van der Waals surface area contributed by atoms with E-state index in [0.717, 1.165) is 14.7 Å². The number of nitrogens with two attached hydrogens (primary N) is 1. The molecule has 34 heavy (non-hydrogen) atoms. The van der Waals surface area contributed by atoms with E-state index in [4.69, 9.17) is 43.1 Å². The number of nitriles is 1. The van der Waals surface area contributed by atoms with Gasteiger partial charge in [0.2, 0.25) is 5.88 Å². The molecule has 174 valence electrons. The van der Waals surface area contributed by atoms with E-state index in [1.165, 1.54) is 6.07 Å². The second-order valence-electron chi connectivity index (χ2n) is 7.43. The smallest absolute Gasteiger partial charge is 0.205 e. The zero-order chi connectivity index (χ0) is 24.4. The minimum absolute atomic E-state index is 0.00345. The Morgan fingerprint density at radius 2 is 1.94 bits per heavy atom. The molecule has 0 radical (unpaired) electrons. The Morgan fingerprint density at radius 1 is 1.15 bits per heavy atom. The molecule has 3 N–H and O–H groups in total. The molecule has 1 heterocycles. The quantitative estimate of drug-likeness (QED) is 0.310. The second-order valence-corrected chi connectivity index (χ2v) is 9.44. The highest BCUT2D eigenvalue weighted by Crippen LogP contribution is 2.46. The molecule has 0 saturated carbocycles. The predicted molar refractivity (Wildman–Crippen MR) is 139 cm³/mol. The summed E-state index contributed by atoms with van der Waals surface area (Å²) >= 11 is 14.5. The van der Waals surface area contributed by atoms with E-state index in [1.54, 1.807) is 24.3 Å². The summed E-state index contributed by atoms with van der Waals surface area (Å²) in [5.74, 6) is 1.02. The van der Waals surface area contributed by atoms with Gasteiger partial charge >= 0.3 is 0 Å². The van der Waals surface area contributed by atoms with E-state index >= 15 is 0 Å². The first kappa shape index (κ1) is 24.3. The van der Waals surface area contributed by atoms with Crippen LogP contribution in [0, 0.1) is 14.9 Å². The average Bonchev–Trinajstić information content (AvgIpc) is 2.78. The van der Waals surface area contributed by atoms with Crippen LogP contribution in [-0.2, 0) is 6.61 Å². The van der Waals surface area contributed by atoms with Gasteiger partial charge in [-0.05, 0) is 65.4 Å². The van der Waals surface area contributed by atoms with Gasteiger partial charge in [0.15, 0.2) is 11.5 Å². The number of nitrogens with zero attached hydrogens (tertiary/aromatic N) is 1. The fraction of sp³-hybridized carbons (Fsp3) is 0.160. The number of fused-ring (bicyclic) bond motifs is 1. The van der Waals surface area contributed by atoms with Gasteiger partial charge in [-0.25, -0.2) is 0 Å². The molecule has 4 rings (SSSR count). The highest BCUT2D eigenvalue weighted by Gasteiger charge is 2.32. The van der Waals surface area contributed by atoms with E-state index in [0.29, 0.717) is 39.5 Å². The van der Waals surface area contributed by atoms with Crippen molar-refractivity contribution >= 4 is 45.8 Å². The van der Waals surface area contributed by atoms with Crippen LogP contribution in [0.15, 0.2) is 60.0 Å². The minimum Gasteiger partial charge on any atom is -0.508 e. The van der Waals surface area contributed by atoms with Crippen LogP contribution in [0.5, 0.6) is 23.0 Å². The van der Waals surface area contributed by atoms with Crippen molar-refractivity contribution in [1.29, 1.82) is 5.26 Å². The van der Waals surface area contributed by atoms with Crippen molar-refractivity contribution in [2.45, 2.75) is 19.4 Å². The number of phenols is 1. The maximum absolute atomic E-state index is 9.88. The molecule has 3 aromatic rings. The van der Waals surface area contributed by atoms with E-state index < -0.39 is 5.92 Å². The third kappa shape index (κ3) is 4.85. The van der Waals surface area contributed by atoms with E-state index in [1.807, 2.05) is 25.1 Å². The first-order chi connectivity index (χ1) is 16.3. The van der Waals surface area contributed by atoms with Gasteiger partial charge in [-0.15, -0.1) is 0 Å². The minimum atomic E-state index is -0.498. The molecule has 0 unspecified atom stereocenters. The lowest BCUT2D eigenvalue weighted by molar-refractivity contribution is 0.267. The first-order valence-corrected chi connectivity index (χ1v) is 12.1. The Morgan fingerprint density at radius 3 is 2.65 bits per heavy atom. The van der Waals surface area contributed by atoms with Crippen LogP contribution >= 0.6 is 45.8 Å². The number of allylic oxidation sites excluding steroid dienone is 1. The highest BCUT2D eigenvalue weighted by molar-refractivity contribution is 14.1. The number of phenolic OH excluding ortho intramolecular Hbond substituents is 1. The summed E-state index contributed by atoms with van der Waals surface area (Å²) < 4.78 is 18.4. The summed E-state index contributed by atoms with van der Waals surface area (Å²) in [6.45, 7) is 2.52. The molecule has 1 atom stereocenters. The van der Waals surface area contributed by atoms with Crippen LogP contribution in [0.2, 0.25) is 10.0 Å². The topological polar surface area (TPSA) is 97.7 Å². The number of benzene rings is 3. The number of ether oxygens (including phenoxy) is 3. The lowest BCUT2D eigenvalue weighted by Gasteiger charge is -2.27. The third-order valence-electron chi connectivity index (χ3n) is 5.25. The molecule has 3 aromatic carbocycles. The Labute approximate surface area is 220 Å². The molecule has 1 aliphatic heterocycles. The van der Waals surface area contributed by atoms with E-state index in [-0.39, 0.29) is 23.8 Å². The standard InChI is InChI=1S/C25H19Cl2IN2O4/c1-2-32-22-8-14(7-20(28)24(22)33-12-13-3-4-15(26)9-19(13)27)23-17-6-5-16(31)10-21(17)34-25(30)18(23)11-29/h3-10,23,31H,2,12,30H2,1H3/t23-/m0/s1. The monoisotopic (exact) mass is 608 g/mol. The maximum atomic E-state index is 9.88. The highest BCUT2D eigenvalue weighted by atomic mass is 127. The molecular formula is C25H19Cl2IN2O4. The Balaban J connectivity index is 1.76. The van der Waals surface area contributed by atoms with Crippen molar-refractivity contribution in [2.75, 3.05) is 6.61 Å². The molecule has 1 aliphatic rings. The molecule has 9 heteroatoms. The average molecular weight is 609 g/mol. The Bertz CT molecular complexity index is 1340. The Hall–Kier alpha value is -2.80. The number of aromatic hydroxyl groups is 1. The Kier molecular flexibility index (Phi) is 7.31. The molecule has 0 aromatic heterocycles. The zero-order valence-electron chi connectivity index (χ0n) is 17.9. The third-order valence-corrected chi connectivity index (χ3v) is 6.64. The summed E-state index contributed by atoms with van der Waals surface area (Å²) in [7, 11) is 0. The molecular weight excluding hydrogens is 590 g/mol. The van der Waals surface area contributed by atoms with E-state index in [2.05, 4.69) is 28.7 Å². The molecule has 6 nitrogen and oxygen atoms in total. The van der Waals surface area contributed by atoms with Gasteiger partial charge in [-0.2, -0.15) is 5.26 Å². The van der Waals surface area contributed by atoms with Gasteiger partial charge in [0.05, 0.1) is 16.1 Å². The van der Waals surface area contributed by atoms with Crippen molar-refractivity contribution in [2.24, 2.45) is 5.73 Å². The molecule has 0 amide bonds. The maximum Gasteiger partial charge on any atom is 0.205 e. The summed E-state index contributed by atoms with van der Waals surface area (Å²) in [4.78, 5) is 0. The van der Waals surface area contributed by atoms with Crippen molar-refractivity contribution in [3.05, 3.63) is 90.3 Å². The lowest BCUT2D eigenvalue weighted by Crippen LogP contribution is -2.21. The van der Waals surface area contributed by atoms with Crippen molar-refractivity contribution in [3.63, 3.8) is 0 Å². The normalized spacial score (nSPS) is 14.7. The van der Waals surface area contributed by atoms with Crippen molar-refractivity contribution in [1.82, 2.24) is 0 Å². The molecule has 0 fully saturated rings. The fourth-order valence-corrected chi connectivity index (χ4v) is 4.98. The van der Waals surface area contributed by atoms with Gasteiger partial charge in [-0.3, -0.25) is 0 Å². The van der Waals surface area contributed by atoms with Gasteiger partial charge in [-0.1, -0.05) is 35.3 Å². The zero-order valence-corrected chi connectivity index (χ0v) is 21.6. The summed E-state index contributed by atoms with van der Waals surface area (Å²) in [6, 6.07) is 15.9. The van der Waals surface area contributed by atoms with Gasteiger partial charge in [0, 0.05) is 27.2 Å². The summed E-state index contributed by atoms with van der Waals surface area (Å²) in [5, 5.41) is 20.8. The van der Waals surface area contributed by atoms with Crippen LogP contribution in [0.25, 0.3) is 0 Å². The molecule has 0 aliphatic carbocycles. The van der Waals surface area contributed by atoms with Crippen LogP contribution in [-0.4, -0.2) is 11.7 Å². The predicted octanol–water partition coefficient (Wildman–Crippen LogP) is 6.50. The van der Waals surface area contributed by atoms with Crippen LogP contribution < -0.4 is 19.9 Å². The number of hydrogen-bond acceptors (Lipinski definition) is 6. The van der Waals surface area contributed by atoms with E-state index in [9.17, 15) is 10.4 Å². The van der Waals surface area contributed by atoms with Gasteiger partial charge < -0.3 is 25.1 Å². The first-order valence-electron chi connectivity index (χ1n) is 10.3. The number of halogens is 3.